The second kappa shape index (κ2) is 5.79. The molecule has 2 N–H and O–H groups in total. The summed E-state index contributed by atoms with van der Waals surface area (Å²) >= 11 is 6.01. The van der Waals surface area contributed by atoms with Gasteiger partial charge in [-0.1, -0.05) is 11.6 Å². The monoisotopic (exact) mass is 352 g/mol. The zero-order valence-corrected chi connectivity index (χ0v) is 14.3. The first-order valence-electron chi connectivity index (χ1n) is 8.24. The molecule has 6 nitrogen and oxygen atoms in total. The summed E-state index contributed by atoms with van der Waals surface area (Å²) < 4.78 is 11.4. The second-order valence-electron chi connectivity index (χ2n) is 6.87. The third kappa shape index (κ3) is 2.36. The number of amides is 2. The molecule has 130 valence electrons. The minimum absolute atomic E-state index is 0.120. The molecule has 3 saturated heterocycles. The first kappa shape index (κ1) is 16.0. The minimum Gasteiger partial charge on any atom is -0.495 e. The molecular formula is C17H21ClN2O4. The lowest BCUT2D eigenvalue weighted by Crippen LogP contribution is -2.38. The van der Waals surface area contributed by atoms with Crippen molar-refractivity contribution in [2.45, 2.75) is 24.5 Å². The number of carbonyl (C=O) groups excluding carboxylic acids is 1. The Balaban J connectivity index is 1.50. The molecule has 2 amide bonds. The van der Waals surface area contributed by atoms with Crippen molar-refractivity contribution in [3.63, 3.8) is 0 Å². The molecule has 0 saturated carbocycles. The second-order valence-corrected chi connectivity index (χ2v) is 7.30. The van der Waals surface area contributed by atoms with Gasteiger partial charge in [-0.2, -0.15) is 0 Å². The number of methoxy groups -OCH3 is 1. The van der Waals surface area contributed by atoms with E-state index in [4.69, 9.17) is 21.1 Å². The first-order valence-corrected chi connectivity index (χ1v) is 8.62. The number of nitrogens with zero attached hydrogens (tertiary/aromatic N) is 1. The molecule has 7 heteroatoms. The van der Waals surface area contributed by atoms with Gasteiger partial charge in [-0.25, -0.2) is 4.79 Å². The molecule has 3 fully saturated rings. The maximum atomic E-state index is 12.7. The maximum absolute atomic E-state index is 12.7. The van der Waals surface area contributed by atoms with Crippen LogP contribution in [-0.2, 0) is 4.74 Å². The van der Waals surface area contributed by atoms with E-state index in [9.17, 15) is 9.90 Å². The Morgan fingerprint density at radius 1 is 1.58 bits per heavy atom. The number of anilines is 1. The topological polar surface area (TPSA) is 71.0 Å². The summed E-state index contributed by atoms with van der Waals surface area (Å²) in [6.07, 6.45) is 2.08. The van der Waals surface area contributed by atoms with Gasteiger partial charge in [-0.15, -0.1) is 0 Å². The van der Waals surface area contributed by atoms with Gasteiger partial charge in [0.05, 0.1) is 31.0 Å². The van der Waals surface area contributed by atoms with Crippen LogP contribution in [0.2, 0.25) is 5.02 Å². The van der Waals surface area contributed by atoms with Gasteiger partial charge in [-0.3, -0.25) is 0 Å². The molecule has 1 spiro atoms. The number of benzene rings is 1. The van der Waals surface area contributed by atoms with Gasteiger partial charge >= 0.3 is 6.03 Å². The molecule has 3 aliphatic heterocycles. The van der Waals surface area contributed by atoms with E-state index >= 15 is 0 Å². The molecular weight excluding hydrogens is 332 g/mol. The molecule has 2 bridgehead atoms. The normalized spacial score (nSPS) is 33.6. The molecule has 1 aromatic rings. The van der Waals surface area contributed by atoms with Crippen LogP contribution < -0.4 is 10.1 Å². The third-order valence-electron chi connectivity index (χ3n) is 5.68. The van der Waals surface area contributed by atoms with Crippen LogP contribution in [0.5, 0.6) is 5.75 Å². The highest BCUT2D eigenvalue weighted by molar-refractivity contribution is 6.31. The molecule has 3 heterocycles. The fourth-order valence-electron chi connectivity index (χ4n) is 4.56. The Morgan fingerprint density at radius 3 is 3.17 bits per heavy atom. The molecule has 0 unspecified atom stereocenters. The molecule has 1 aromatic carbocycles. The van der Waals surface area contributed by atoms with Crippen molar-refractivity contribution < 1.29 is 19.4 Å². The Morgan fingerprint density at radius 2 is 2.42 bits per heavy atom. The van der Waals surface area contributed by atoms with E-state index in [1.807, 2.05) is 0 Å². The van der Waals surface area contributed by atoms with E-state index in [-0.39, 0.29) is 36.2 Å². The molecule has 24 heavy (non-hydrogen) atoms. The molecule has 4 atom stereocenters. The number of rotatable bonds is 3. The zero-order chi connectivity index (χ0) is 16.9. The number of aliphatic hydroxyl groups excluding tert-OH is 1. The number of ether oxygens (including phenoxy) is 2. The maximum Gasteiger partial charge on any atom is 0.322 e. The van der Waals surface area contributed by atoms with Gasteiger partial charge in [0.15, 0.2) is 0 Å². The average Bonchev–Trinajstić information content (AvgIpc) is 3.22. The van der Waals surface area contributed by atoms with Crippen LogP contribution in [-0.4, -0.2) is 54.5 Å². The van der Waals surface area contributed by atoms with Crippen LogP contribution in [0.25, 0.3) is 0 Å². The lowest BCUT2D eigenvalue weighted by Gasteiger charge is -2.27. The number of hydrogen-bond donors (Lipinski definition) is 2. The lowest BCUT2D eigenvalue weighted by atomic mass is 9.74. The van der Waals surface area contributed by atoms with E-state index in [0.29, 0.717) is 29.5 Å². The summed E-state index contributed by atoms with van der Waals surface area (Å²) in [7, 11) is 1.55. The molecule has 4 rings (SSSR count). The van der Waals surface area contributed by atoms with Gasteiger partial charge in [-0.05, 0) is 31.0 Å². The summed E-state index contributed by atoms with van der Waals surface area (Å²) in [4.78, 5) is 14.5. The van der Waals surface area contributed by atoms with E-state index in [2.05, 4.69) is 5.32 Å². The van der Waals surface area contributed by atoms with Crippen LogP contribution in [0, 0.1) is 11.8 Å². The van der Waals surface area contributed by atoms with Gasteiger partial charge in [0, 0.05) is 30.0 Å². The molecule has 0 aromatic heterocycles. The Hall–Kier alpha value is -1.50. The van der Waals surface area contributed by atoms with E-state index < -0.39 is 0 Å². The Kier molecular flexibility index (Phi) is 3.86. The molecule has 3 aliphatic rings. The minimum atomic E-state index is -0.270. The van der Waals surface area contributed by atoms with Crippen LogP contribution in [0.1, 0.15) is 12.8 Å². The lowest BCUT2D eigenvalue weighted by molar-refractivity contribution is 0.00434. The largest absolute Gasteiger partial charge is 0.495 e. The highest BCUT2D eigenvalue weighted by Gasteiger charge is 2.63. The number of urea groups is 1. The van der Waals surface area contributed by atoms with Crippen LogP contribution in [0.4, 0.5) is 10.5 Å². The number of halogens is 1. The number of fused-ring (bicyclic) bond motifs is 1. The van der Waals surface area contributed by atoms with Gasteiger partial charge < -0.3 is 24.8 Å². The summed E-state index contributed by atoms with van der Waals surface area (Å²) in [6.45, 7) is 1.30. The molecule has 0 aliphatic carbocycles. The predicted octanol–water partition coefficient (Wildman–Crippen LogP) is 2.35. The van der Waals surface area contributed by atoms with Crippen molar-refractivity contribution in [2.24, 2.45) is 11.8 Å². The van der Waals surface area contributed by atoms with Gasteiger partial charge in [0.25, 0.3) is 0 Å². The SMILES string of the molecule is COc1ccc(Cl)cc1NC(=O)N1C[C@@H]2[C@H](CO)[C@H]3CC[C@]2(C1)O3. The number of hydrogen-bond acceptors (Lipinski definition) is 4. The highest BCUT2D eigenvalue weighted by Crippen LogP contribution is 2.54. The van der Waals surface area contributed by atoms with Gasteiger partial charge in [0.2, 0.25) is 0 Å². The average molecular weight is 353 g/mol. The van der Waals surface area contributed by atoms with Crippen molar-refractivity contribution in [3.8, 4) is 5.75 Å². The summed E-state index contributed by atoms with van der Waals surface area (Å²) in [6, 6.07) is 4.92. The van der Waals surface area contributed by atoms with Crippen molar-refractivity contribution in [1.82, 2.24) is 4.90 Å². The van der Waals surface area contributed by atoms with E-state index in [1.54, 1.807) is 30.2 Å². The van der Waals surface area contributed by atoms with Crippen LogP contribution in [0.15, 0.2) is 18.2 Å². The Bertz CT molecular complexity index is 670. The van der Waals surface area contributed by atoms with E-state index in [0.717, 1.165) is 12.8 Å². The van der Waals surface area contributed by atoms with Crippen molar-refractivity contribution in [3.05, 3.63) is 23.2 Å². The number of aliphatic hydroxyl groups is 1. The smallest absolute Gasteiger partial charge is 0.322 e. The number of nitrogens with one attached hydrogen (secondary N) is 1. The highest BCUT2D eigenvalue weighted by atomic mass is 35.5. The summed E-state index contributed by atoms with van der Waals surface area (Å²) in [5, 5.41) is 13.1. The van der Waals surface area contributed by atoms with Crippen molar-refractivity contribution in [1.29, 1.82) is 0 Å². The van der Waals surface area contributed by atoms with E-state index in [1.165, 1.54) is 0 Å². The number of likely N-dealkylation sites (tertiary alicyclic amines) is 1. The fraction of sp³-hybridized carbons (Fsp3) is 0.588. The quantitative estimate of drug-likeness (QED) is 0.876. The predicted molar refractivity (Wildman–Crippen MR) is 89.5 cm³/mol. The van der Waals surface area contributed by atoms with Crippen molar-refractivity contribution >= 4 is 23.3 Å². The van der Waals surface area contributed by atoms with Crippen molar-refractivity contribution in [2.75, 3.05) is 32.1 Å². The van der Waals surface area contributed by atoms with Crippen LogP contribution >= 0.6 is 11.6 Å². The first-order chi connectivity index (χ1) is 11.6. The fourth-order valence-corrected chi connectivity index (χ4v) is 4.73. The molecule has 0 radical (unpaired) electrons. The number of carbonyl (C=O) groups is 1. The standard InChI is InChI=1S/C17H21ClN2O4/c1-23-15-3-2-10(18)6-13(15)19-16(22)20-7-12-11(8-21)14-4-5-17(12,9-20)24-14/h2-3,6,11-12,14,21H,4-5,7-9H2,1H3,(H,19,22)/t11-,12+,14+,17+/m0/s1. The Labute approximate surface area is 145 Å². The van der Waals surface area contributed by atoms with Gasteiger partial charge in [0.1, 0.15) is 5.75 Å². The summed E-state index contributed by atoms with van der Waals surface area (Å²) in [5.74, 6) is 0.918. The third-order valence-corrected chi connectivity index (χ3v) is 5.92. The summed E-state index contributed by atoms with van der Waals surface area (Å²) in [5.41, 5.74) is 0.280. The van der Waals surface area contributed by atoms with Crippen LogP contribution in [0.3, 0.4) is 0 Å². The zero-order valence-electron chi connectivity index (χ0n) is 13.5.